The van der Waals surface area contributed by atoms with Crippen LogP contribution < -0.4 is 15.2 Å². The molecule has 0 spiro atoms. The number of hydrogen-bond donors (Lipinski definition) is 3. The van der Waals surface area contributed by atoms with E-state index in [2.05, 4.69) is 22.6 Å². The molecule has 30 heavy (non-hydrogen) atoms. The second-order valence-electron chi connectivity index (χ2n) is 8.00. The van der Waals surface area contributed by atoms with Gasteiger partial charge in [-0.2, -0.15) is 10.4 Å². The zero-order valence-corrected chi connectivity index (χ0v) is 17.2. The van der Waals surface area contributed by atoms with Crippen molar-refractivity contribution in [1.29, 1.82) is 10.0 Å². The molecule has 0 saturated heterocycles. The van der Waals surface area contributed by atoms with Gasteiger partial charge in [0.2, 0.25) is 5.88 Å². The number of carbonyl (C=O) groups is 1. The standard InChI is InChI=1S/C20H22N6O3S/c21-10-13-6-5-12-9-11-3-1-4-14(11)16(15(12)13)24-19(27)17-18(30(22,23)28)20-26(25-17)7-2-8-29-20/h9,13H,1-8H2,(H,24,27)(H3,22,23,28). The number of nitrogens with zero attached hydrogens (tertiary/aromatic N) is 3. The first-order valence-electron chi connectivity index (χ1n) is 10.1. The molecule has 2 aromatic rings. The van der Waals surface area contributed by atoms with Crippen molar-refractivity contribution in [2.24, 2.45) is 5.14 Å². The first-order chi connectivity index (χ1) is 14.4. The Morgan fingerprint density at radius 2 is 2.20 bits per heavy atom. The first-order valence-corrected chi connectivity index (χ1v) is 11.7. The fourth-order valence-electron chi connectivity index (χ4n) is 4.84. The summed E-state index contributed by atoms with van der Waals surface area (Å²) < 4.78 is 27.4. The van der Waals surface area contributed by atoms with Crippen molar-refractivity contribution in [2.75, 3.05) is 11.9 Å². The van der Waals surface area contributed by atoms with Crippen molar-refractivity contribution >= 4 is 21.5 Å². The lowest BCUT2D eigenvalue weighted by atomic mass is 9.94. The number of aryl methyl sites for hydroxylation is 3. The smallest absolute Gasteiger partial charge is 0.277 e. The molecule has 10 heteroatoms. The van der Waals surface area contributed by atoms with Gasteiger partial charge in [-0.15, -0.1) is 0 Å². The molecule has 1 aromatic carbocycles. The number of nitrogens with one attached hydrogen (secondary N) is 2. The van der Waals surface area contributed by atoms with E-state index in [1.807, 2.05) is 0 Å². The molecule has 5 rings (SSSR count). The lowest BCUT2D eigenvalue weighted by Gasteiger charge is -2.17. The van der Waals surface area contributed by atoms with Crippen LogP contribution in [0.1, 0.15) is 57.9 Å². The number of nitriles is 1. The summed E-state index contributed by atoms with van der Waals surface area (Å²) in [4.78, 5) is 13.1. The van der Waals surface area contributed by atoms with Crippen LogP contribution in [0.25, 0.3) is 0 Å². The van der Waals surface area contributed by atoms with Gasteiger partial charge in [-0.25, -0.2) is 18.8 Å². The SMILES string of the molecule is N#CC1CCc2cc3c(c(NC(=O)c4nn5c(c4S(=N)(N)=O)OCCC5)c21)CCC3. The van der Waals surface area contributed by atoms with E-state index in [0.717, 1.165) is 48.8 Å². The fourth-order valence-corrected chi connectivity index (χ4v) is 5.69. The number of anilines is 1. The third-order valence-electron chi connectivity index (χ3n) is 6.11. The Morgan fingerprint density at radius 3 is 2.97 bits per heavy atom. The minimum Gasteiger partial charge on any atom is -0.477 e. The maximum absolute atomic E-state index is 13.3. The van der Waals surface area contributed by atoms with Gasteiger partial charge < -0.3 is 10.1 Å². The second-order valence-corrected chi connectivity index (χ2v) is 9.61. The third kappa shape index (κ3) is 2.88. The Bertz CT molecular complexity index is 1220. The van der Waals surface area contributed by atoms with Crippen LogP contribution in [0.2, 0.25) is 0 Å². The van der Waals surface area contributed by atoms with Gasteiger partial charge in [0.15, 0.2) is 10.6 Å². The number of hydrogen-bond acceptors (Lipinski definition) is 6. The molecule has 2 atom stereocenters. The highest BCUT2D eigenvalue weighted by Gasteiger charge is 2.34. The number of rotatable bonds is 3. The highest BCUT2D eigenvalue weighted by Crippen LogP contribution is 2.44. The van der Waals surface area contributed by atoms with Crippen LogP contribution in [0.15, 0.2) is 11.0 Å². The largest absolute Gasteiger partial charge is 0.477 e. The average molecular weight is 427 g/mol. The molecule has 0 saturated carbocycles. The first kappa shape index (κ1) is 19.1. The van der Waals surface area contributed by atoms with Crippen LogP contribution in [-0.4, -0.2) is 26.5 Å². The van der Waals surface area contributed by atoms with E-state index in [4.69, 9.17) is 14.7 Å². The predicted octanol–water partition coefficient (Wildman–Crippen LogP) is 2.24. The maximum atomic E-state index is 13.3. The fraction of sp³-hybridized carbons (Fsp3) is 0.450. The van der Waals surface area contributed by atoms with Crippen molar-refractivity contribution < 1.29 is 13.7 Å². The normalized spacial score (nSPS) is 21.0. The minimum absolute atomic E-state index is 0.132. The lowest BCUT2D eigenvalue weighted by molar-refractivity contribution is 0.101. The Hall–Kier alpha value is -2.90. The Kier molecular flexibility index (Phi) is 4.34. The van der Waals surface area contributed by atoms with E-state index >= 15 is 0 Å². The van der Waals surface area contributed by atoms with Crippen LogP contribution in [0.4, 0.5) is 5.69 Å². The zero-order valence-electron chi connectivity index (χ0n) is 16.4. The summed E-state index contributed by atoms with van der Waals surface area (Å²) in [6.07, 6.45) is 5.02. The summed E-state index contributed by atoms with van der Waals surface area (Å²) in [6, 6.07) is 4.53. The van der Waals surface area contributed by atoms with Gasteiger partial charge in [0, 0.05) is 18.7 Å². The summed E-state index contributed by atoms with van der Waals surface area (Å²) in [5.74, 6) is -0.714. The quantitative estimate of drug-likeness (QED) is 0.688. The van der Waals surface area contributed by atoms with Crippen molar-refractivity contribution in [3.05, 3.63) is 34.0 Å². The summed E-state index contributed by atoms with van der Waals surface area (Å²) >= 11 is 0. The summed E-state index contributed by atoms with van der Waals surface area (Å²) in [5, 5.41) is 22.5. The van der Waals surface area contributed by atoms with E-state index < -0.39 is 15.8 Å². The van der Waals surface area contributed by atoms with Gasteiger partial charge in [-0.3, -0.25) is 4.79 Å². The number of ether oxygens (including phenoxy) is 1. The lowest BCUT2D eigenvalue weighted by Crippen LogP contribution is -2.21. The van der Waals surface area contributed by atoms with Crippen molar-refractivity contribution in [2.45, 2.75) is 55.9 Å². The molecule has 1 amide bonds. The number of benzene rings is 1. The van der Waals surface area contributed by atoms with Crippen LogP contribution in [0, 0.1) is 16.1 Å². The number of amides is 1. The minimum atomic E-state index is -3.73. The van der Waals surface area contributed by atoms with Crippen LogP contribution in [0.5, 0.6) is 5.88 Å². The Labute approximate surface area is 174 Å². The Balaban J connectivity index is 1.62. The van der Waals surface area contributed by atoms with Gasteiger partial charge in [-0.1, -0.05) is 6.07 Å². The topological polar surface area (TPSA) is 147 Å². The van der Waals surface area contributed by atoms with E-state index in [1.54, 1.807) is 0 Å². The number of nitrogens with two attached hydrogens (primary N) is 1. The highest BCUT2D eigenvalue weighted by molar-refractivity contribution is 7.90. The summed E-state index contributed by atoms with van der Waals surface area (Å²) in [7, 11) is -3.73. The molecule has 2 heterocycles. The average Bonchev–Trinajstić information content (AvgIpc) is 3.42. The third-order valence-corrected chi connectivity index (χ3v) is 7.08. The number of fused-ring (bicyclic) bond motifs is 3. The molecule has 0 radical (unpaired) electrons. The molecule has 2 unspecified atom stereocenters. The summed E-state index contributed by atoms with van der Waals surface area (Å²) in [5.41, 5.74) is 4.79. The Morgan fingerprint density at radius 1 is 1.37 bits per heavy atom. The molecule has 9 nitrogen and oxygen atoms in total. The van der Waals surface area contributed by atoms with E-state index in [0.29, 0.717) is 25.3 Å². The summed E-state index contributed by atoms with van der Waals surface area (Å²) in [6.45, 7) is 0.886. The molecular weight excluding hydrogens is 404 g/mol. The molecule has 2 aliphatic carbocycles. The van der Waals surface area contributed by atoms with Gasteiger partial charge in [-0.05, 0) is 54.4 Å². The number of aromatic nitrogens is 2. The van der Waals surface area contributed by atoms with Gasteiger partial charge in [0.05, 0.1) is 18.6 Å². The van der Waals surface area contributed by atoms with Crippen molar-refractivity contribution in [1.82, 2.24) is 9.78 Å². The second kappa shape index (κ2) is 6.82. The number of carbonyl (C=O) groups excluding carboxylic acids is 1. The zero-order chi connectivity index (χ0) is 21.0. The molecular formula is C20H22N6O3S. The maximum Gasteiger partial charge on any atom is 0.277 e. The van der Waals surface area contributed by atoms with Gasteiger partial charge in [0.25, 0.3) is 5.91 Å². The molecule has 3 aliphatic rings. The van der Waals surface area contributed by atoms with Gasteiger partial charge in [0.1, 0.15) is 9.92 Å². The molecule has 156 valence electrons. The van der Waals surface area contributed by atoms with Crippen LogP contribution >= 0.6 is 0 Å². The molecule has 0 bridgehead atoms. The van der Waals surface area contributed by atoms with Crippen molar-refractivity contribution in [3.63, 3.8) is 0 Å². The molecule has 0 fully saturated rings. The predicted molar refractivity (Wildman–Crippen MR) is 109 cm³/mol. The highest BCUT2D eigenvalue weighted by atomic mass is 32.2. The molecule has 1 aliphatic heterocycles. The molecule has 1 aromatic heterocycles. The van der Waals surface area contributed by atoms with Gasteiger partial charge >= 0.3 is 0 Å². The van der Waals surface area contributed by atoms with E-state index in [9.17, 15) is 14.3 Å². The monoisotopic (exact) mass is 426 g/mol. The molecule has 4 N–H and O–H groups in total. The van der Waals surface area contributed by atoms with E-state index in [-0.39, 0.29) is 22.4 Å². The van der Waals surface area contributed by atoms with Crippen LogP contribution in [0.3, 0.4) is 0 Å². The van der Waals surface area contributed by atoms with E-state index in [1.165, 1.54) is 10.2 Å². The van der Waals surface area contributed by atoms with Crippen LogP contribution in [-0.2, 0) is 35.7 Å². The van der Waals surface area contributed by atoms with Crippen molar-refractivity contribution in [3.8, 4) is 11.9 Å².